The Bertz CT molecular complexity index is 1240. The summed E-state index contributed by atoms with van der Waals surface area (Å²) in [6, 6.07) is 14.7. The van der Waals surface area contributed by atoms with Crippen LogP contribution in [-0.2, 0) is 16.1 Å². The summed E-state index contributed by atoms with van der Waals surface area (Å²) in [6.45, 7) is 7.98. The lowest BCUT2D eigenvalue weighted by atomic mass is 9.95. The lowest BCUT2D eigenvalue weighted by Gasteiger charge is -2.28. The number of aromatic nitrogens is 3. The number of nitrogens with zero attached hydrogens (tertiary/aromatic N) is 3. The van der Waals surface area contributed by atoms with E-state index in [2.05, 4.69) is 17.2 Å². The molecule has 0 aliphatic carbocycles. The van der Waals surface area contributed by atoms with E-state index in [4.69, 9.17) is 26.2 Å². The molecule has 0 saturated heterocycles. The quantitative estimate of drug-likeness (QED) is 0.268. The molecule has 2 heterocycles. The highest BCUT2D eigenvalue weighted by Crippen LogP contribution is 2.38. The van der Waals surface area contributed by atoms with Crippen LogP contribution in [0.25, 0.3) is 0 Å². The minimum atomic E-state index is -0.509. The molecule has 7 nitrogen and oxygen atoms in total. The van der Waals surface area contributed by atoms with Gasteiger partial charge in [-0.2, -0.15) is 4.98 Å². The van der Waals surface area contributed by atoms with E-state index < -0.39 is 6.04 Å². The molecule has 1 unspecified atom stereocenters. The highest BCUT2D eigenvalue weighted by atomic mass is 35.5. The molecule has 1 atom stereocenters. The van der Waals surface area contributed by atoms with Crippen molar-refractivity contribution in [3.8, 4) is 5.75 Å². The van der Waals surface area contributed by atoms with Gasteiger partial charge in [0.1, 0.15) is 18.4 Å². The molecule has 4 rings (SSSR count). The number of thioether (sulfide) groups is 1. The molecule has 0 saturated carbocycles. The summed E-state index contributed by atoms with van der Waals surface area (Å²) in [6.07, 6.45) is 0.765. The number of anilines is 1. The highest BCUT2D eigenvalue weighted by Gasteiger charge is 2.35. The molecule has 1 aliphatic rings. The third-order valence-corrected chi connectivity index (χ3v) is 6.77. The SMILES string of the molecule is CCCSc1nc2n(n1)C(c1cccc(OCc3ccccc3Cl)c1)C(C(=O)OC(C)C)=C(C)N2. The zero-order valence-corrected chi connectivity index (χ0v) is 21.8. The highest BCUT2D eigenvalue weighted by molar-refractivity contribution is 7.99. The second kappa shape index (κ2) is 11.2. The summed E-state index contributed by atoms with van der Waals surface area (Å²) in [5.41, 5.74) is 2.92. The lowest BCUT2D eigenvalue weighted by Crippen LogP contribution is -2.30. The Labute approximate surface area is 214 Å². The zero-order chi connectivity index (χ0) is 24.9. The second-order valence-corrected chi connectivity index (χ2v) is 9.95. The number of hydrogen-bond acceptors (Lipinski definition) is 7. The van der Waals surface area contributed by atoms with Crippen LogP contribution in [0.1, 0.15) is 51.3 Å². The summed E-state index contributed by atoms with van der Waals surface area (Å²) >= 11 is 7.87. The molecule has 0 fully saturated rings. The molecule has 2 aromatic carbocycles. The van der Waals surface area contributed by atoms with Crippen molar-refractivity contribution in [2.75, 3.05) is 11.1 Å². The molecule has 0 amide bonds. The Morgan fingerprint density at radius 3 is 2.77 bits per heavy atom. The first kappa shape index (κ1) is 25.1. The number of halogens is 1. The van der Waals surface area contributed by atoms with Crippen molar-refractivity contribution in [3.63, 3.8) is 0 Å². The van der Waals surface area contributed by atoms with E-state index in [9.17, 15) is 4.79 Å². The topological polar surface area (TPSA) is 78.3 Å². The first-order chi connectivity index (χ1) is 16.9. The fraction of sp³-hybridized carbons (Fsp3) is 0.346. The molecular weight excluding hydrogens is 484 g/mol. The Morgan fingerprint density at radius 1 is 1.23 bits per heavy atom. The predicted molar refractivity (Wildman–Crippen MR) is 139 cm³/mol. The first-order valence-electron chi connectivity index (χ1n) is 11.6. The van der Waals surface area contributed by atoms with Gasteiger partial charge in [0.15, 0.2) is 0 Å². The molecular formula is C26H29ClN4O3S. The van der Waals surface area contributed by atoms with Crippen LogP contribution in [0.2, 0.25) is 5.02 Å². The van der Waals surface area contributed by atoms with Gasteiger partial charge < -0.3 is 14.8 Å². The van der Waals surface area contributed by atoms with Gasteiger partial charge in [0.2, 0.25) is 11.1 Å². The normalized spacial score (nSPS) is 15.1. The number of carbonyl (C=O) groups excluding carboxylic acids is 1. The van der Waals surface area contributed by atoms with Crippen LogP contribution < -0.4 is 10.1 Å². The first-order valence-corrected chi connectivity index (χ1v) is 13.0. The Kier molecular flexibility index (Phi) is 8.03. The van der Waals surface area contributed by atoms with Crippen LogP contribution in [0.4, 0.5) is 5.95 Å². The van der Waals surface area contributed by atoms with E-state index in [1.807, 2.05) is 69.3 Å². The zero-order valence-electron chi connectivity index (χ0n) is 20.2. The van der Waals surface area contributed by atoms with Gasteiger partial charge in [-0.05, 0) is 51.0 Å². The van der Waals surface area contributed by atoms with Crippen LogP contribution >= 0.6 is 23.4 Å². The summed E-state index contributed by atoms with van der Waals surface area (Å²) in [7, 11) is 0. The van der Waals surface area contributed by atoms with Crippen molar-refractivity contribution in [3.05, 3.63) is 76.0 Å². The van der Waals surface area contributed by atoms with Crippen molar-refractivity contribution in [2.24, 2.45) is 0 Å². The number of nitrogens with one attached hydrogen (secondary N) is 1. The number of esters is 1. The summed E-state index contributed by atoms with van der Waals surface area (Å²) < 4.78 is 13.4. The second-order valence-electron chi connectivity index (χ2n) is 8.48. The van der Waals surface area contributed by atoms with Crippen LogP contribution in [0.15, 0.2) is 65.0 Å². The van der Waals surface area contributed by atoms with Crippen LogP contribution in [-0.4, -0.2) is 32.6 Å². The van der Waals surface area contributed by atoms with Crippen molar-refractivity contribution in [1.82, 2.24) is 14.8 Å². The fourth-order valence-electron chi connectivity index (χ4n) is 3.79. The minimum Gasteiger partial charge on any atom is -0.489 e. The van der Waals surface area contributed by atoms with E-state index in [0.29, 0.717) is 39.8 Å². The third kappa shape index (κ3) is 5.82. The smallest absolute Gasteiger partial charge is 0.338 e. The summed E-state index contributed by atoms with van der Waals surface area (Å²) in [5, 5.41) is 9.29. The van der Waals surface area contributed by atoms with E-state index >= 15 is 0 Å². The number of fused-ring (bicyclic) bond motifs is 1. The minimum absolute atomic E-state index is 0.249. The van der Waals surface area contributed by atoms with E-state index in [1.165, 1.54) is 0 Å². The lowest BCUT2D eigenvalue weighted by molar-refractivity contribution is -0.143. The molecule has 1 aromatic heterocycles. The molecule has 9 heteroatoms. The number of benzene rings is 2. The maximum Gasteiger partial charge on any atom is 0.338 e. The largest absolute Gasteiger partial charge is 0.489 e. The average Bonchev–Trinajstić information content (AvgIpc) is 3.23. The van der Waals surface area contributed by atoms with Gasteiger partial charge in [-0.3, -0.25) is 0 Å². The Morgan fingerprint density at radius 2 is 2.03 bits per heavy atom. The van der Waals surface area contributed by atoms with Crippen molar-refractivity contribution in [2.45, 2.75) is 58.0 Å². The predicted octanol–water partition coefficient (Wildman–Crippen LogP) is 6.25. The monoisotopic (exact) mass is 512 g/mol. The van der Waals surface area contributed by atoms with Gasteiger partial charge >= 0.3 is 5.97 Å². The summed E-state index contributed by atoms with van der Waals surface area (Å²) in [5.74, 6) is 1.78. The molecule has 1 aliphatic heterocycles. The number of rotatable bonds is 9. The van der Waals surface area contributed by atoms with E-state index in [-0.39, 0.29) is 12.1 Å². The van der Waals surface area contributed by atoms with Gasteiger partial charge in [-0.25, -0.2) is 9.48 Å². The average molecular weight is 513 g/mol. The van der Waals surface area contributed by atoms with Gasteiger partial charge in [-0.1, -0.05) is 60.6 Å². The molecule has 3 aromatic rings. The molecule has 184 valence electrons. The standard InChI is InChI=1S/C26H29ClN4O3S/c1-5-13-35-26-29-25-28-17(4)22(24(32)34-16(2)3)23(31(25)30-26)18-10-8-11-20(14-18)33-15-19-9-6-7-12-21(19)27/h6-12,14,16,23H,5,13,15H2,1-4H3,(H,28,29,30). The van der Waals surface area contributed by atoms with Crippen LogP contribution in [0.3, 0.4) is 0 Å². The number of ether oxygens (including phenoxy) is 2. The van der Waals surface area contributed by atoms with E-state index in [0.717, 1.165) is 23.3 Å². The van der Waals surface area contributed by atoms with Crippen molar-refractivity contribution < 1.29 is 14.3 Å². The van der Waals surface area contributed by atoms with E-state index in [1.54, 1.807) is 16.4 Å². The van der Waals surface area contributed by atoms with Gasteiger partial charge in [0.25, 0.3) is 0 Å². The van der Waals surface area contributed by atoms with Gasteiger partial charge in [0, 0.05) is 22.0 Å². The molecule has 35 heavy (non-hydrogen) atoms. The van der Waals surface area contributed by atoms with Gasteiger partial charge in [-0.15, -0.1) is 5.10 Å². The number of hydrogen-bond donors (Lipinski definition) is 1. The molecule has 0 radical (unpaired) electrons. The van der Waals surface area contributed by atoms with Crippen LogP contribution in [0.5, 0.6) is 5.75 Å². The Balaban J connectivity index is 1.70. The maximum atomic E-state index is 13.2. The van der Waals surface area contributed by atoms with Crippen molar-refractivity contribution in [1.29, 1.82) is 0 Å². The van der Waals surface area contributed by atoms with Gasteiger partial charge in [0.05, 0.1) is 11.7 Å². The number of carbonyl (C=O) groups is 1. The maximum absolute atomic E-state index is 13.2. The molecule has 0 spiro atoms. The fourth-order valence-corrected chi connectivity index (χ4v) is 4.66. The third-order valence-electron chi connectivity index (χ3n) is 5.36. The molecule has 0 bridgehead atoms. The van der Waals surface area contributed by atoms with Crippen LogP contribution in [0, 0.1) is 0 Å². The summed E-state index contributed by atoms with van der Waals surface area (Å²) in [4.78, 5) is 17.8. The number of allylic oxidation sites excluding steroid dienone is 1. The Hall–Kier alpha value is -2.97. The molecule has 1 N–H and O–H groups in total. The van der Waals surface area contributed by atoms with Crippen molar-refractivity contribution >= 4 is 35.3 Å².